The van der Waals surface area contributed by atoms with Gasteiger partial charge in [0.15, 0.2) is 38.9 Å². The molecule has 0 saturated heterocycles. The quantitative estimate of drug-likeness (QED) is 0.0591. The Morgan fingerprint density at radius 1 is 0.507 bits per heavy atom. The first-order valence-electron chi connectivity index (χ1n) is 25.2. The maximum Gasteiger partial charge on any atom is 0.469 e. The minimum absolute atomic E-state index is 0.439. The van der Waals surface area contributed by atoms with Gasteiger partial charge in [-0.25, -0.2) is 0 Å². The number of benzene rings is 7. The van der Waals surface area contributed by atoms with Gasteiger partial charge in [0.25, 0.3) is 0 Å². The van der Waals surface area contributed by atoms with Crippen LogP contribution in [0.5, 0.6) is 11.5 Å². The number of anilines is 3. The highest BCUT2D eigenvalue weighted by molar-refractivity contribution is 6.90. The van der Waals surface area contributed by atoms with Crippen LogP contribution in [-0.2, 0) is 22.4 Å². The van der Waals surface area contributed by atoms with Crippen molar-refractivity contribution in [1.82, 2.24) is 0 Å². The van der Waals surface area contributed by atoms with Crippen LogP contribution in [0.4, 0.5) is 17.1 Å². The molecular formula is C59H71NO6Si5. The first kappa shape index (κ1) is 50.8. The Hall–Kier alpha value is -5.14. The topological polar surface area (TPSA) is 58.6 Å². The van der Waals surface area contributed by atoms with Crippen LogP contribution in [0.1, 0.15) is 22.3 Å². The Kier molecular flexibility index (Phi) is 14.1. The molecule has 0 amide bonds. The summed E-state index contributed by atoms with van der Waals surface area (Å²) < 4.78 is 41.7. The van der Waals surface area contributed by atoms with Crippen LogP contribution in [0.2, 0.25) is 84.1 Å². The van der Waals surface area contributed by atoms with Crippen molar-refractivity contribution < 1.29 is 26.2 Å². The highest BCUT2D eigenvalue weighted by Gasteiger charge is 2.51. The molecule has 0 aromatic heterocycles. The van der Waals surface area contributed by atoms with Gasteiger partial charge in [0.1, 0.15) is 18.1 Å². The molecule has 9 rings (SSSR count). The number of nitrogens with zero attached hydrogens (tertiary/aromatic N) is 1. The average molecular weight is 1030 g/mol. The van der Waals surface area contributed by atoms with E-state index in [1.807, 2.05) is 0 Å². The van der Waals surface area contributed by atoms with Crippen molar-refractivity contribution in [3.8, 4) is 33.8 Å². The zero-order valence-corrected chi connectivity index (χ0v) is 48.8. The predicted molar refractivity (Wildman–Crippen MR) is 309 cm³/mol. The smallest absolute Gasteiger partial charge is 0.469 e. The van der Waals surface area contributed by atoms with E-state index in [1.165, 1.54) is 33.2 Å². The lowest BCUT2D eigenvalue weighted by atomic mass is 9.82. The van der Waals surface area contributed by atoms with Crippen molar-refractivity contribution in [2.24, 2.45) is 0 Å². The van der Waals surface area contributed by atoms with Gasteiger partial charge in [0.05, 0.1) is 6.61 Å². The Bertz CT molecular complexity index is 2960. The number of fused-ring (bicyclic) bond motifs is 5. The lowest BCUT2D eigenvalue weighted by Gasteiger charge is -2.43. The number of hydrogen-bond donors (Lipinski definition) is 0. The summed E-state index contributed by atoms with van der Waals surface area (Å²) in [4.78, 5) is 2.29. The van der Waals surface area contributed by atoms with E-state index in [2.05, 4.69) is 248 Å². The SMILES string of the molecule is Cc1c2c(c3cccc4c3c1-c1ccccc1-4)OC(c1ccc(OCCO[Si](C)(C)CC[Si](O[Si](C)(C)C)(O[Si](C)(C)C)O[Si](C)(C)C)cc1)(c1ccc(N(c3ccccc3)c3ccccc3)cc1)C=C2. The predicted octanol–water partition coefficient (Wildman–Crippen LogP) is 16.7. The molecule has 7 nitrogen and oxygen atoms in total. The fourth-order valence-corrected chi connectivity index (χ4v) is 28.7. The molecule has 7 aromatic rings. The molecule has 12 heteroatoms. The van der Waals surface area contributed by atoms with Crippen molar-refractivity contribution in [3.63, 3.8) is 0 Å². The number of hydrogen-bond acceptors (Lipinski definition) is 7. The van der Waals surface area contributed by atoms with Crippen molar-refractivity contribution in [2.45, 2.75) is 96.6 Å². The van der Waals surface area contributed by atoms with Gasteiger partial charge >= 0.3 is 8.80 Å². The van der Waals surface area contributed by atoms with Crippen LogP contribution in [0.3, 0.4) is 0 Å². The highest BCUT2D eigenvalue weighted by atomic mass is 28.5. The Balaban J connectivity index is 0.994. The minimum Gasteiger partial charge on any atom is -0.491 e. The van der Waals surface area contributed by atoms with E-state index in [9.17, 15) is 0 Å². The van der Waals surface area contributed by atoms with E-state index in [0.29, 0.717) is 13.2 Å². The standard InChI is InChI=1S/C59H71NO6Si5/c1-44-51-38-39-59(63-58(51)55-29-21-28-54-52-26-19-20-27-53(52)56(44)57(54)55,45-30-34-49(35-31-45)60(47-22-15-13-16-23-47)48-24-17-14-18-25-48)46-32-36-50(37-33-46)61-40-41-62-70(11,12)42-43-71(64-67(2,3)4,65-68(5,6)7)66-69(8,9)10/h13-39H,40-43H2,1-12H3. The van der Waals surface area contributed by atoms with Crippen molar-refractivity contribution in [3.05, 3.63) is 180 Å². The number of para-hydroxylation sites is 2. The largest absolute Gasteiger partial charge is 0.491 e. The number of ether oxygens (including phenoxy) is 2. The molecule has 7 aromatic carbocycles. The fourth-order valence-electron chi connectivity index (χ4n) is 10.2. The van der Waals surface area contributed by atoms with Crippen LogP contribution < -0.4 is 14.4 Å². The van der Waals surface area contributed by atoms with Crippen LogP contribution in [0.15, 0.2) is 158 Å². The molecule has 0 saturated carbocycles. The molecule has 1 unspecified atom stereocenters. The molecule has 1 heterocycles. The summed E-state index contributed by atoms with van der Waals surface area (Å²) in [7, 11) is -11.0. The summed E-state index contributed by atoms with van der Waals surface area (Å²) >= 11 is 0. The Morgan fingerprint density at radius 3 is 1.58 bits per heavy atom. The third-order valence-corrected chi connectivity index (χ3v) is 27.8. The average Bonchev–Trinajstić information content (AvgIpc) is 3.66. The summed E-state index contributed by atoms with van der Waals surface area (Å²) in [5.74, 6) is 1.68. The van der Waals surface area contributed by atoms with Crippen LogP contribution in [0, 0.1) is 6.92 Å². The molecule has 0 fully saturated rings. The zero-order chi connectivity index (χ0) is 50.4. The number of rotatable bonds is 19. The first-order valence-corrected chi connectivity index (χ1v) is 40.5. The van der Waals surface area contributed by atoms with E-state index >= 15 is 0 Å². The second kappa shape index (κ2) is 19.7. The monoisotopic (exact) mass is 1030 g/mol. The van der Waals surface area contributed by atoms with Crippen LogP contribution in [-0.4, -0.2) is 55.3 Å². The molecule has 1 aliphatic carbocycles. The summed E-state index contributed by atoms with van der Waals surface area (Å²) in [6.45, 7) is 27.9. The molecule has 1 atom stereocenters. The highest BCUT2D eigenvalue weighted by Crippen LogP contribution is 2.55. The molecule has 1 aliphatic heterocycles. The second-order valence-corrected chi connectivity index (χ2v) is 43.8. The molecule has 2 aliphatic rings. The molecule has 0 radical (unpaired) electrons. The molecule has 0 N–H and O–H groups in total. The zero-order valence-electron chi connectivity index (χ0n) is 43.8. The summed E-state index contributed by atoms with van der Waals surface area (Å²) in [6.07, 6.45) is 4.54. The fraction of sp³-hybridized carbons (Fsp3) is 0.288. The molecule has 71 heavy (non-hydrogen) atoms. The lowest BCUT2D eigenvalue weighted by molar-refractivity contribution is 0.163. The first-order chi connectivity index (χ1) is 33.6. The van der Waals surface area contributed by atoms with Gasteiger partial charge < -0.3 is 31.1 Å². The van der Waals surface area contributed by atoms with E-state index in [4.69, 9.17) is 26.2 Å². The minimum atomic E-state index is -2.96. The Labute approximate surface area is 428 Å². The van der Waals surface area contributed by atoms with E-state index < -0.39 is 47.7 Å². The van der Waals surface area contributed by atoms with Gasteiger partial charge in [-0.3, -0.25) is 0 Å². The van der Waals surface area contributed by atoms with Gasteiger partial charge in [0.2, 0.25) is 0 Å². The molecular weight excluding hydrogens is 959 g/mol. The van der Waals surface area contributed by atoms with Gasteiger partial charge in [-0.15, -0.1) is 0 Å². The van der Waals surface area contributed by atoms with E-state index in [1.54, 1.807) is 0 Å². The normalized spacial score (nSPS) is 15.6. The van der Waals surface area contributed by atoms with E-state index in [0.717, 1.165) is 62.7 Å². The van der Waals surface area contributed by atoms with Crippen molar-refractivity contribution in [1.29, 1.82) is 0 Å². The molecule has 0 spiro atoms. The van der Waals surface area contributed by atoms with Gasteiger partial charge in [-0.2, -0.15) is 0 Å². The summed E-state index contributed by atoms with van der Waals surface area (Å²) in [5.41, 5.74) is 11.8. The molecule has 0 bridgehead atoms. The maximum absolute atomic E-state index is 7.62. The lowest BCUT2D eigenvalue weighted by Crippen LogP contribution is -2.61. The van der Waals surface area contributed by atoms with Crippen LogP contribution >= 0.6 is 0 Å². The summed E-state index contributed by atoms with van der Waals surface area (Å²) in [5, 5.41) is 2.37. The van der Waals surface area contributed by atoms with Crippen molar-refractivity contribution >= 4 is 76.0 Å². The van der Waals surface area contributed by atoms with Crippen LogP contribution in [0.25, 0.3) is 39.1 Å². The summed E-state index contributed by atoms with van der Waals surface area (Å²) in [6, 6.07) is 55.4. The molecule has 368 valence electrons. The van der Waals surface area contributed by atoms with Gasteiger partial charge in [0, 0.05) is 50.6 Å². The maximum atomic E-state index is 7.62. The third kappa shape index (κ3) is 11.1. The van der Waals surface area contributed by atoms with E-state index in [-0.39, 0.29) is 0 Å². The van der Waals surface area contributed by atoms with Gasteiger partial charge in [-0.1, -0.05) is 109 Å². The Morgan fingerprint density at radius 2 is 1.01 bits per heavy atom. The second-order valence-electron chi connectivity index (χ2n) is 22.5. The van der Waals surface area contributed by atoms with Crippen molar-refractivity contribution in [2.75, 3.05) is 18.1 Å². The van der Waals surface area contributed by atoms with Gasteiger partial charge in [-0.05, 0) is 167 Å². The third-order valence-electron chi connectivity index (χ3n) is 12.9.